The van der Waals surface area contributed by atoms with Crippen LogP contribution in [0.15, 0.2) is 18.2 Å². The Kier molecular flexibility index (Phi) is 3.44. The van der Waals surface area contributed by atoms with E-state index in [1.54, 1.807) is 4.90 Å². The first-order chi connectivity index (χ1) is 9.65. The van der Waals surface area contributed by atoms with Crippen molar-refractivity contribution in [1.82, 2.24) is 4.90 Å². The summed E-state index contributed by atoms with van der Waals surface area (Å²) in [5.74, 6) is -1.08. The number of likely N-dealkylation sites (tertiary alicyclic amines) is 1. The number of aliphatic carboxylic acids is 1. The number of rotatable bonds is 2. The maximum absolute atomic E-state index is 12.4. The maximum atomic E-state index is 12.4. The number of carbonyl (C=O) groups excluding carboxylic acids is 1. The Balaban J connectivity index is 1.69. The normalized spacial score (nSPS) is 18.9. The predicted octanol–water partition coefficient (Wildman–Crippen LogP) is 1.65. The number of ether oxygens (including phenoxy) is 1. The molecule has 5 nitrogen and oxygen atoms in total. The lowest BCUT2D eigenvalue weighted by atomic mass is 9.96. The Morgan fingerprint density at radius 3 is 2.55 bits per heavy atom. The molecular weight excluding hydrogens is 258 g/mol. The van der Waals surface area contributed by atoms with E-state index in [1.807, 2.05) is 18.2 Å². The molecule has 5 heteroatoms. The molecule has 1 aromatic rings. The molecule has 0 atom stereocenters. The molecule has 2 aliphatic rings. The van der Waals surface area contributed by atoms with Crippen molar-refractivity contribution in [2.45, 2.75) is 26.1 Å². The zero-order valence-electron chi connectivity index (χ0n) is 11.2. The van der Waals surface area contributed by atoms with Gasteiger partial charge in [0.2, 0.25) is 0 Å². The van der Waals surface area contributed by atoms with Crippen molar-refractivity contribution in [3.8, 4) is 0 Å². The Bertz CT molecular complexity index is 547. The molecular formula is C15H17NO4. The Morgan fingerprint density at radius 2 is 1.85 bits per heavy atom. The van der Waals surface area contributed by atoms with Gasteiger partial charge in [-0.2, -0.15) is 0 Å². The highest BCUT2D eigenvalue weighted by Gasteiger charge is 2.27. The van der Waals surface area contributed by atoms with Crippen LogP contribution in [0, 0.1) is 5.92 Å². The number of hydrogen-bond acceptors (Lipinski definition) is 3. The standard InChI is InChI=1S/C15H17NO4/c17-14(16-5-3-10(4-6-16)15(18)19)11-1-2-12-8-20-9-13(12)7-11/h1-2,7,10H,3-6,8-9H2,(H,18,19). The van der Waals surface area contributed by atoms with Crippen molar-refractivity contribution >= 4 is 11.9 Å². The second kappa shape index (κ2) is 5.25. The van der Waals surface area contributed by atoms with Gasteiger partial charge in [0.05, 0.1) is 19.1 Å². The van der Waals surface area contributed by atoms with Crippen molar-refractivity contribution in [2.75, 3.05) is 13.1 Å². The molecule has 1 saturated heterocycles. The summed E-state index contributed by atoms with van der Waals surface area (Å²) in [6.07, 6.45) is 1.07. The lowest BCUT2D eigenvalue weighted by molar-refractivity contribution is -0.143. The average Bonchev–Trinajstić information content (AvgIpc) is 2.94. The number of carboxylic acid groups (broad SMARTS) is 1. The highest BCUT2D eigenvalue weighted by Crippen LogP contribution is 2.23. The molecule has 106 valence electrons. The molecule has 0 radical (unpaired) electrons. The lowest BCUT2D eigenvalue weighted by Gasteiger charge is -2.30. The van der Waals surface area contributed by atoms with E-state index in [-0.39, 0.29) is 11.8 Å². The van der Waals surface area contributed by atoms with Crippen molar-refractivity contribution < 1.29 is 19.4 Å². The lowest BCUT2D eigenvalue weighted by Crippen LogP contribution is -2.40. The van der Waals surface area contributed by atoms with Gasteiger partial charge in [-0.3, -0.25) is 9.59 Å². The van der Waals surface area contributed by atoms with Crippen LogP contribution in [0.3, 0.4) is 0 Å². The number of piperidine rings is 1. The molecule has 0 spiro atoms. The first-order valence-corrected chi connectivity index (χ1v) is 6.87. The number of hydrogen-bond donors (Lipinski definition) is 1. The largest absolute Gasteiger partial charge is 0.481 e. The van der Waals surface area contributed by atoms with Gasteiger partial charge in [0.25, 0.3) is 5.91 Å². The van der Waals surface area contributed by atoms with Crippen LogP contribution in [0.4, 0.5) is 0 Å². The maximum Gasteiger partial charge on any atom is 0.306 e. The third-order valence-corrected chi connectivity index (χ3v) is 4.10. The summed E-state index contributed by atoms with van der Waals surface area (Å²) in [4.78, 5) is 25.1. The molecule has 1 fully saturated rings. The van der Waals surface area contributed by atoms with Crippen molar-refractivity contribution in [3.05, 3.63) is 34.9 Å². The van der Waals surface area contributed by atoms with Crippen molar-refractivity contribution in [3.63, 3.8) is 0 Å². The third-order valence-electron chi connectivity index (χ3n) is 4.10. The number of fused-ring (bicyclic) bond motifs is 1. The summed E-state index contributed by atoms with van der Waals surface area (Å²) in [5, 5.41) is 8.97. The quantitative estimate of drug-likeness (QED) is 0.891. The van der Waals surface area contributed by atoms with Gasteiger partial charge in [0, 0.05) is 18.7 Å². The third kappa shape index (κ3) is 2.41. The zero-order chi connectivity index (χ0) is 14.1. The minimum absolute atomic E-state index is 0.0106. The van der Waals surface area contributed by atoms with Gasteiger partial charge in [-0.05, 0) is 36.1 Å². The molecule has 1 amide bonds. The van der Waals surface area contributed by atoms with E-state index in [0.717, 1.165) is 11.1 Å². The Hall–Kier alpha value is -1.88. The molecule has 1 aromatic carbocycles. The summed E-state index contributed by atoms with van der Waals surface area (Å²) < 4.78 is 5.35. The fraction of sp³-hybridized carbons (Fsp3) is 0.467. The molecule has 20 heavy (non-hydrogen) atoms. The molecule has 0 bridgehead atoms. The van der Waals surface area contributed by atoms with Gasteiger partial charge in [0.15, 0.2) is 0 Å². The van der Waals surface area contributed by atoms with Crippen LogP contribution < -0.4 is 0 Å². The van der Waals surface area contributed by atoms with E-state index in [1.165, 1.54) is 0 Å². The summed E-state index contributed by atoms with van der Waals surface area (Å²) in [7, 11) is 0. The van der Waals surface area contributed by atoms with E-state index < -0.39 is 5.97 Å². The number of nitrogens with zero attached hydrogens (tertiary/aromatic N) is 1. The van der Waals surface area contributed by atoms with Crippen LogP contribution in [0.5, 0.6) is 0 Å². The number of carbonyl (C=O) groups is 2. The van der Waals surface area contributed by atoms with Gasteiger partial charge < -0.3 is 14.7 Å². The molecule has 1 N–H and O–H groups in total. The molecule has 0 unspecified atom stereocenters. The highest BCUT2D eigenvalue weighted by molar-refractivity contribution is 5.94. The van der Waals surface area contributed by atoms with Crippen LogP contribution in [-0.2, 0) is 22.7 Å². The van der Waals surface area contributed by atoms with E-state index in [0.29, 0.717) is 44.7 Å². The van der Waals surface area contributed by atoms with Crippen LogP contribution in [0.25, 0.3) is 0 Å². The van der Waals surface area contributed by atoms with Gasteiger partial charge in [-0.1, -0.05) is 6.07 Å². The molecule has 0 aromatic heterocycles. The topological polar surface area (TPSA) is 66.8 Å². The Labute approximate surface area is 117 Å². The van der Waals surface area contributed by atoms with Crippen LogP contribution in [-0.4, -0.2) is 35.0 Å². The minimum Gasteiger partial charge on any atom is -0.481 e. The van der Waals surface area contributed by atoms with Crippen LogP contribution in [0.2, 0.25) is 0 Å². The fourth-order valence-electron chi connectivity index (χ4n) is 2.82. The zero-order valence-corrected chi connectivity index (χ0v) is 11.2. The van der Waals surface area contributed by atoms with Gasteiger partial charge >= 0.3 is 5.97 Å². The first-order valence-electron chi connectivity index (χ1n) is 6.87. The summed E-state index contributed by atoms with van der Waals surface area (Å²) in [6, 6.07) is 5.67. The summed E-state index contributed by atoms with van der Waals surface area (Å²) in [5.41, 5.74) is 2.89. The minimum atomic E-state index is -0.758. The van der Waals surface area contributed by atoms with E-state index in [2.05, 4.69) is 0 Å². The smallest absolute Gasteiger partial charge is 0.306 e. The van der Waals surface area contributed by atoms with E-state index >= 15 is 0 Å². The van der Waals surface area contributed by atoms with Crippen molar-refractivity contribution in [2.24, 2.45) is 5.92 Å². The van der Waals surface area contributed by atoms with Gasteiger partial charge in [-0.15, -0.1) is 0 Å². The van der Waals surface area contributed by atoms with Gasteiger partial charge in [0.1, 0.15) is 0 Å². The van der Waals surface area contributed by atoms with Crippen LogP contribution >= 0.6 is 0 Å². The van der Waals surface area contributed by atoms with E-state index in [9.17, 15) is 9.59 Å². The molecule has 2 heterocycles. The first kappa shape index (κ1) is 13.1. The van der Waals surface area contributed by atoms with E-state index in [4.69, 9.17) is 9.84 Å². The molecule has 0 aliphatic carbocycles. The fourth-order valence-corrected chi connectivity index (χ4v) is 2.82. The molecule has 2 aliphatic heterocycles. The van der Waals surface area contributed by atoms with Gasteiger partial charge in [-0.25, -0.2) is 0 Å². The average molecular weight is 275 g/mol. The molecule has 0 saturated carbocycles. The summed E-state index contributed by atoms with van der Waals surface area (Å²) >= 11 is 0. The number of benzene rings is 1. The predicted molar refractivity (Wildman–Crippen MR) is 71.2 cm³/mol. The Morgan fingerprint density at radius 1 is 1.15 bits per heavy atom. The SMILES string of the molecule is O=C(O)C1CCN(C(=O)c2ccc3c(c2)COC3)CC1. The second-order valence-corrected chi connectivity index (χ2v) is 5.38. The molecule has 3 rings (SSSR count). The number of carboxylic acids is 1. The van der Waals surface area contributed by atoms with Crippen LogP contribution in [0.1, 0.15) is 34.3 Å². The summed E-state index contributed by atoms with van der Waals surface area (Å²) in [6.45, 7) is 2.22. The number of amides is 1. The highest BCUT2D eigenvalue weighted by atomic mass is 16.5. The monoisotopic (exact) mass is 275 g/mol. The second-order valence-electron chi connectivity index (χ2n) is 5.38. The van der Waals surface area contributed by atoms with Crippen molar-refractivity contribution in [1.29, 1.82) is 0 Å².